The van der Waals surface area contributed by atoms with Gasteiger partial charge in [0.25, 0.3) is 0 Å². The molecule has 0 rings (SSSR count). The number of esters is 1. The molecule has 0 aliphatic carbocycles. The molecule has 5 nitrogen and oxygen atoms in total. The van der Waals surface area contributed by atoms with Crippen molar-refractivity contribution in [2.24, 2.45) is 0 Å². The second kappa shape index (κ2) is 5.17. The number of nitrogens with one attached hydrogen (secondary N) is 1. The monoisotopic (exact) mass is 173 g/mol. The SMILES string of the molecule is C/C=C(\NC(=O)OC)C(=O)OC. The summed E-state index contributed by atoms with van der Waals surface area (Å²) in [5.74, 6) is -0.608. The molecule has 0 aliphatic heterocycles. The summed E-state index contributed by atoms with van der Waals surface area (Å²) in [6.45, 7) is 1.60. The lowest BCUT2D eigenvalue weighted by atomic mass is 10.4. The Kier molecular flexibility index (Phi) is 4.52. The number of methoxy groups -OCH3 is 2. The van der Waals surface area contributed by atoms with Crippen LogP contribution in [0.5, 0.6) is 0 Å². The molecule has 1 amide bonds. The van der Waals surface area contributed by atoms with Gasteiger partial charge in [-0.3, -0.25) is 5.32 Å². The van der Waals surface area contributed by atoms with Gasteiger partial charge in [-0.05, 0) is 6.92 Å². The molecule has 0 unspecified atom stereocenters. The van der Waals surface area contributed by atoms with Gasteiger partial charge in [0, 0.05) is 0 Å². The first kappa shape index (κ1) is 10.5. The van der Waals surface area contributed by atoms with Gasteiger partial charge in [-0.15, -0.1) is 0 Å². The van der Waals surface area contributed by atoms with Gasteiger partial charge in [0.15, 0.2) is 0 Å². The van der Waals surface area contributed by atoms with E-state index in [9.17, 15) is 9.59 Å². The van der Waals surface area contributed by atoms with Crippen LogP contribution in [0.15, 0.2) is 11.8 Å². The van der Waals surface area contributed by atoms with Crippen molar-refractivity contribution in [3.63, 3.8) is 0 Å². The molecular formula is C7H11NO4. The summed E-state index contributed by atoms with van der Waals surface area (Å²) in [7, 11) is 2.44. The smallest absolute Gasteiger partial charge is 0.411 e. The number of allylic oxidation sites excluding steroid dienone is 1. The van der Waals surface area contributed by atoms with Crippen molar-refractivity contribution < 1.29 is 19.1 Å². The van der Waals surface area contributed by atoms with Gasteiger partial charge >= 0.3 is 12.1 Å². The van der Waals surface area contributed by atoms with Gasteiger partial charge in [0.05, 0.1) is 14.2 Å². The summed E-state index contributed by atoms with van der Waals surface area (Å²) in [5.41, 5.74) is 0.0596. The third-order valence-corrected chi connectivity index (χ3v) is 1.12. The van der Waals surface area contributed by atoms with Crippen LogP contribution in [-0.2, 0) is 14.3 Å². The summed E-state index contributed by atoms with van der Waals surface area (Å²) in [6, 6.07) is 0. The van der Waals surface area contributed by atoms with Gasteiger partial charge in [0.2, 0.25) is 0 Å². The molecular weight excluding hydrogens is 162 g/mol. The van der Waals surface area contributed by atoms with E-state index in [1.165, 1.54) is 20.3 Å². The van der Waals surface area contributed by atoms with Crippen LogP contribution < -0.4 is 5.32 Å². The minimum Gasteiger partial charge on any atom is -0.464 e. The Bertz CT molecular complexity index is 209. The first-order valence-electron chi connectivity index (χ1n) is 3.25. The number of ether oxygens (including phenoxy) is 2. The highest BCUT2D eigenvalue weighted by Gasteiger charge is 2.11. The van der Waals surface area contributed by atoms with E-state index in [1.807, 2.05) is 0 Å². The molecule has 0 radical (unpaired) electrons. The molecule has 0 aliphatic rings. The molecule has 0 atom stereocenters. The van der Waals surface area contributed by atoms with E-state index < -0.39 is 12.1 Å². The van der Waals surface area contributed by atoms with E-state index in [-0.39, 0.29) is 5.70 Å². The highest BCUT2D eigenvalue weighted by Crippen LogP contribution is 1.92. The van der Waals surface area contributed by atoms with Crippen molar-refractivity contribution in [3.8, 4) is 0 Å². The molecule has 0 saturated heterocycles. The first-order valence-corrected chi connectivity index (χ1v) is 3.25. The van der Waals surface area contributed by atoms with Gasteiger partial charge in [0.1, 0.15) is 5.70 Å². The molecule has 5 heteroatoms. The van der Waals surface area contributed by atoms with Crippen LogP contribution in [0.4, 0.5) is 4.79 Å². The van der Waals surface area contributed by atoms with Crippen LogP contribution in [-0.4, -0.2) is 26.3 Å². The number of alkyl carbamates (subject to hydrolysis) is 1. The largest absolute Gasteiger partial charge is 0.464 e. The lowest BCUT2D eigenvalue weighted by Gasteiger charge is -2.04. The zero-order valence-electron chi connectivity index (χ0n) is 7.21. The van der Waals surface area contributed by atoms with E-state index >= 15 is 0 Å². The van der Waals surface area contributed by atoms with Crippen LogP contribution in [0.25, 0.3) is 0 Å². The molecule has 0 aromatic rings. The third-order valence-electron chi connectivity index (χ3n) is 1.12. The number of carbonyl (C=O) groups excluding carboxylic acids is 2. The molecule has 1 N–H and O–H groups in total. The number of rotatable bonds is 2. The summed E-state index contributed by atoms with van der Waals surface area (Å²) in [5, 5.41) is 2.19. The molecule has 0 heterocycles. The second-order valence-corrected chi connectivity index (χ2v) is 1.81. The van der Waals surface area contributed by atoms with Crippen LogP contribution >= 0.6 is 0 Å². The Hall–Kier alpha value is -1.52. The van der Waals surface area contributed by atoms with Crippen molar-refractivity contribution >= 4 is 12.1 Å². The molecule has 0 aromatic carbocycles. The van der Waals surface area contributed by atoms with Crippen molar-refractivity contribution in [3.05, 3.63) is 11.8 Å². The van der Waals surface area contributed by atoms with E-state index in [4.69, 9.17) is 0 Å². The molecule has 0 bridgehead atoms. The quantitative estimate of drug-likeness (QED) is 0.485. The maximum atomic E-state index is 10.8. The zero-order valence-corrected chi connectivity index (χ0v) is 7.21. The van der Waals surface area contributed by atoms with Gasteiger partial charge in [-0.2, -0.15) is 0 Å². The van der Waals surface area contributed by atoms with Crippen molar-refractivity contribution in [2.45, 2.75) is 6.92 Å². The third kappa shape index (κ3) is 3.05. The van der Waals surface area contributed by atoms with Crippen molar-refractivity contribution in [1.82, 2.24) is 5.32 Å². The minimum absolute atomic E-state index is 0.0596. The summed E-state index contributed by atoms with van der Waals surface area (Å²) >= 11 is 0. The van der Waals surface area contributed by atoms with Crippen LogP contribution in [0.3, 0.4) is 0 Å². The van der Waals surface area contributed by atoms with Crippen LogP contribution in [0.1, 0.15) is 6.92 Å². The molecule has 0 saturated carbocycles. The van der Waals surface area contributed by atoms with Gasteiger partial charge < -0.3 is 9.47 Å². The van der Waals surface area contributed by atoms with Crippen molar-refractivity contribution in [1.29, 1.82) is 0 Å². The zero-order chi connectivity index (χ0) is 9.56. The summed E-state index contributed by atoms with van der Waals surface area (Å²) < 4.78 is 8.65. The van der Waals surface area contributed by atoms with E-state index in [1.54, 1.807) is 6.92 Å². The molecule has 0 aromatic heterocycles. The Morgan fingerprint density at radius 1 is 1.25 bits per heavy atom. The Labute approximate surface area is 70.3 Å². The standard InChI is InChI=1S/C7H11NO4/c1-4-5(6(9)11-2)8-7(10)12-3/h4H,1-3H3,(H,8,10)/b5-4-. The topological polar surface area (TPSA) is 64.6 Å². The minimum atomic E-state index is -0.700. The molecule has 0 spiro atoms. The number of hydrogen-bond acceptors (Lipinski definition) is 4. The molecule has 0 fully saturated rings. The fourth-order valence-corrected chi connectivity index (χ4v) is 0.512. The number of carbonyl (C=O) groups is 2. The predicted molar refractivity (Wildman–Crippen MR) is 41.3 cm³/mol. The highest BCUT2D eigenvalue weighted by atomic mass is 16.5. The molecule has 68 valence electrons. The predicted octanol–water partition coefficient (Wildman–Crippen LogP) is 0.419. The van der Waals surface area contributed by atoms with Gasteiger partial charge in [-0.1, -0.05) is 6.08 Å². The van der Waals surface area contributed by atoms with Crippen LogP contribution in [0.2, 0.25) is 0 Å². The Morgan fingerprint density at radius 2 is 1.83 bits per heavy atom. The maximum absolute atomic E-state index is 10.8. The van der Waals surface area contributed by atoms with E-state index in [0.29, 0.717) is 0 Å². The second-order valence-electron chi connectivity index (χ2n) is 1.81. The Morgan fingerprint density at radius 3 is 2.17 bits per heavy atom. The van der Waals surface area contributed by atoms with Crippen LogP contribution in [0, 0.1) is 0 Å². The normalized spacial score (nSPS) is 10.4. The lowest BCUT2D eigenvalue weighted by Crippen LogP contribution is -2.27. The number of hydrogen-bond donors (Lipinski definition) is 1. The maximum Gasteiger partial charge on any atom is 0.411 e. The Balaban J connectivity index is 4.20. The van der Waals surface area contributed by atoms with Gasteiger partial charge in [-0.25, -0.2) is 9.59 Å². The average Bonchev–Trinajstić information content (AvgIpc) is 2.12. The summed E-state index contributed by atoms with van der Waals surface area (Å²) in [4.78, 5) is 21.5. The summed E-state index contributed by atoms with van der Waals surface area (Å²) in [6.07, 6.45) is 0.719. The lowest BCUT2D eigenvalue weighted by molar-refractivity contribution is -0.136. The van der Waals surface area contributed by atoms with E-state index in [2.05, 4.69) is 14.8 Å². The van der Waals surface area contributed by atoms with E-state index in [0.717, 1.165) is 0 Å². The molecule has 12 heavy (non-hydrogen) atoms. The fourth-order valence-electron chi connectivity index (χ4n) is 0.512. The first-order chi connectivity index (χ1) is 5.65. The number of amides is 1. The highest BCUT2D eigenvalue weighted by molar-refractivity contribution is 5.91. The fraction of sp³-hybridized carbons (Fsp3) is 0.429. The van der Waals surface area contributed by atoms with Crippen molar-refractivity contribution in [2.75, 3.05) is 14.2 Å². The average molecular weight is 173 g/mol.